The molecule has 1 aliphatic rings. The number of benzene rings is 2. The van der Waals surface area contributed by atoms with Crippen molar-refractivity contribution >= 4 is 17.4 Å². The Hall–Kier alpha value is -3.12. The first-order chi connectivity index (χ1) is 15.2. The summed E-state index contributed by atoms with van der Waals surface area (Å²) in [6.45, 7) is 9.14. The van der Waals surface area contributed by atoms with Crippen LogP contribution in [0.3, 0.4) is 0 Å². The van der Waals surface area contributed by atoms with Crippen molar-refractivity contribution < 1.29 is 24.2 Å². The normalized spacial score (nSPS) is 18.3. The van der Waals surface area contributed by atoms with Crippen molar-refractivity contribution in [3.63, 3.8) is 0 Å². The third kappa shape index (κ3) is 4.55. The van der Waals surface area contributed by atoms with Crippen LogP contribution in [0.4, 0.5) is 0 Å². The minimum Gasteiger partial charge on any atom is -0.507 e. The van der Waals surface area contributed by atoms with Crippen LogP contribution in [0.5, 0.6) is 5.75 Å². The molecule has 3 rings (SSSR count). The SMILES string of the molecule is CCOc1ccc(/C(O)=C2/C(=O)C(=O)N(CCOC)C2c2ccccc2)cc1C(C)(C)C. The molecule has 0 aliphatic carbocycles. The monoisotopic (exact) mass is 437 g/mol. The zero-order valence-electron chi connectivity index (χ0n) is 19.3. The molecule has 6 nitrogen and oxygen atoms in total. The molecule has 1 fully saturated rings. The highest BCUT2D eigenvalue weighted by atomic mass is 16.5. The van der Waals surface area contributed by atoms with Gasteiger partial charge in [-0.1, -0.05) is 51.1 Å². The maximum atomic E-state index is 13.1. The largest absolute Gasteiger partial charge is 0.507 e. The molecule has 32 heavy (non-hydrogen) atoms. The van der Waals surface area contributed by atoms with Gasteiger partial charge < -0.3 is 19.5 Å². The molecule has 1 amide bonds. The minimum atomic E-state index is -0.696. The van der Waals surface area contributed by atoms with Crippen LogP contribution in [0.25, 0.3) is 5.76 Å². The molecule has 1 heterocycles. The summed E-state index contributed by atoms with van der Waals surface area (Å²) in [5.41, 5.74) is 1.98. The van der Waals surface area contributed by atoms with Crippen LogP contribution < -0.4 is 4.74 Å². The molecule has 1 N–H and O–H groups in total. The number of aliphatic hydroxyl groups excluding tert-OH is 1. The number of aliphatic hydroxyl groups is 1. The Labute approximate surface area is 189 Å². The Bertz CT molecular complexity index is 1020. The van der Waals surface area contributed by atoms with Crippen molar-refractivity contribution in [1.82, 2.24) is 4.90 Å². The summed E-state index contributed by atoms with van der Waals surface area (Å²) in [5, 5.41) is 11.3. The summed E-state index contributed by atoms with van der Waals surface area (Å²) in [6, 6.07) is 13.9. The number of hydrogen-bond acceptors (Lipinski definition) is 5. The number of Topliss-reactive ketones (excluding diaryl/α,β-unsaturated/α-hetero) is 1. The topological polar surface area (TPSA) is 76.1 Å². The third-order valence-corrected chi connectivity index (χ3v) is 5.55. The zero-order chi connectivity index (χ0) is 23.5. The van der Waals surface area contributed by atoms with E-state index in [4.69, 9.17) is 9.47 Å². The Morgan fingerprint density at radius 3 is 2.38 bits per heavy atom. The van der Waals surface area contributed by atoms with Gasteiger partial charge in [-0.3, -0.25) is 9.59 Å². The molecule has 1 saturated heterocycles. The average molecular weight is 438 g/mol. The maximum absolute atomic E-state index is 13.1. The van der Waals surface area contributed by atoms with Crippen molar-refractivity contribution in [2.45, 2.75) is 39.2 Å². The first-order valence-corrected chi connectivity index (χ1v) is 10.8. The van der Waals surface area contributed by atoms with E-state index in [0.717, 1.165) is 16.9 Å². The van der Waals surface area contributed by atoms with Gasteiger partial charge in [0, 0.05) is 24.8 Å². The van der Waals surface area contributed by atoms with Gasteiger partial charge in [-0.2, -0.15) is 0 Å². The van der Waals surface area contributed by atoms with Crippen molar-refractivity contribution in [3.05, 3.63) is 70.8 Å². The fraction of sp³-hybridized carbons (Fsp3) is 0.385. The van der Waals surface area contributed by atoms with E-state index in [-0.39, 0.29) is 29.9 Å². The van der Waals surface area contributed by atoms with Gasteiger partial charge in [-0.25, -0.2) is 0 Å². The molecule has 2 aromatic carbocycles. The van der Waals surface area contributed by atoms with Gasteiger partial charge in [0.2, 0.25) is 0 Å². The van der Waals surface area contributed by atoms with Crippen LogP contribution in [0.15, 0.2) is 54.1 Å². The van der Waals surface area contributed by atoms with Gasteiger partial charge in [0.15, 0.2) is 0 Å². The second-order valence-corrected chi connectivity index (χ2v) is 8.79. The molecule has 0 bridgehead atoms. The lowest BCUT2D eigenvalue weighted by Gasteiger charge is -2.26. The van der Waals surface area contributed by atoms with Crippen LogP contribution in [-0.2, 0) is 19.7 Å². The van der Waals surface area contributed by atoms with E-state index in [1.807, 2.05) is 43.3 Å². The van der Waals surface area contributed by atoms with Gasteiger partial charge in [0.1, 0.15) is 11.5 Å². The summed E-state index contributed by atoms with van der Waals surface area (Å²) in [7, 11) is 1.54. The molecule has 2 aromatic rings. The molecular weight excluding hydrogens is 406 g/mol. The summed E-state index contributed by atoms with van der Waals surface area (Å²) >= 11 is 0. The van der Waals surface area contributed by atoms with E-state index in [1.54, 1.807) is 19.2 Å². The van der Waals surface area contributed by atoms with Crippen molar-refractivity contribution in [2.24, 2.45) is 0 Å². The summed E-state index contributed by atoms with van der Waals surface area (Å²) < 4.78 is 10.9. The van der Waals surface area contributed by atoms with Crippen LogP contribution in [-0.4, -0.2) is 48.6 Å². The second kappa shape index (κ2) is 9.57. The summed E-state index contributed by atoms with van der Waals surface area (Å²) in [4.78, 5) is 27.4. The molecular formula is C26H31NO5. The molecule has 1 atom stereocenters. The van der Waals surface area contributed by atoms with E-state index in [2.05, 4.69) is 20.8 Å². The van der Waals surface area contributed by atoms with Crippen LogP contribution in [0, 0.1) is 0 Å². The molecule has 0 saturated carbocycles. The van der Waals surface area contributed by atoms with Crippen molar-refractivity contribution in [1.29, 1.82) is 0 Å². The van der Waals surface area contributed by atoms with Crippen LogP contribution in [0.2, 0.25) is 0 Å². The highest BCUT2D eigenvalue weighted by Gasteiger charge is 2.45. The van der Waals surface area contributed by atoms with Crippen LogP contribution >= 0.6 is 0 Å². The number of ketones is 1. The second-order valence-electron chi connectivity index (χ2n) is 8.79. The standard InChI is InChI=1S/C26H31NO5/c1-6-32-20-13-12-18(16-19(20)26(2,3)4)23(28)21-22(17-10-8-7-9-11-17)27(14-15-31-5)25(30)24(21)29/h7-13,16,22,28H,6,14-15H2,1-5H3/b23-21-. The lowest BCUT2D eigenvalue weighted by atomic mass is 9.84. The van der Waals surface area contributed by atoms with Crippen LogP contribution in [0.1, 0.15) is 50.4 Å². The Balaban J connectivity index is 2.18. The third-order valence-electron chi connectivity index (χ3n) is 5.55. The summed E-state index contributed by atoms with van der Waals surface area (Å²) in [6.07, 6.45) is 0. The smallest absolute Gasteiger partial charge is 0.295 e. The number of amides is 1. The fourth-order valence-corrected chi connectivity index (χ4v) is 3.98. The predicted octanol–water partition coefficient (Wildman–Crippen LogP) is 4.45. The Morgan fingerprint density at radius 1 is 1.09 bits per heavy atom. The molecule has 6 heteroatoms. The number of ether oxygens (including phenoxy) is 2. The van der Waals surface area contributed by atoms with E-state index < -0.39 is 17.7 Å². The number of hydrogen-bond donors (Lipinski definition) is 1. The number of likely N-dealkylation sites (tertiary alicyclic amines) is 1. The first-order valence-electron chi connectivity index (χ1n) is 10.8. The van der Waals surface area contributed by atoms with E-state index in [9.17, 15) is 14.7 Å². The maximum Gasteiger partial charge on any atom is 0.295 e. The first kappa shape index (κ1) is 23.5. The lowest BCUT2D eigenvalue weighted by molar-refractivity contribution is -0.140. The number of rotatable bonds is 7. The summed E-state index contributed by atoms with van der Waals surface area (Å²) in [5.74, 6) is -0.791. The van der Waals surface area contributed by atoms with Gasteiger partial charge >= 0.3 is 0 Å². The molecule has 0 radical (unpaired) electrons. The van der Waals surface area contributed by atoms with Crippen molar-refractivity contribution in [2.75, 3.05) is 26.9 Å². The fourth-order valence-electron chi connectivity index (χ4n) is 3.98. The quantitative estimate of drug-likeness (QED) is 0.393. The van der Waals surface area contributed by atoms with E-state index in [1.165, 1.54) is 4.90 Å². The van der Waals surface area contributed by atoms with Crippen molar-refractivity contribution in [3.8, 4) is 5.75 Å². The van der Waals surface area contributed by atoms with Gasteiger partial charge in [0.25, 0.3) is 11.7 Å². The highest BCUT2D eigenvalue weighted by molar-refractivity contribution is 6.46. The molecule has 1 aliphatic heterocycles. The van der Waals surface area contributed by atoms with Gasteiger partial charge in [-0.15, -0.1) is 0 Å². The average Bonchev–Trinajstić information content (AvgIpc) is 3.02. The number of carbonyl (C=O) groups excluding carboxylic acids is 2. The number of methoxy groups -OCH3 is 1. The zero-order valence-corrected chi connectivity index (χ0v) is 19.3. The predicted molar refractivity (Wildman–Crippen MR) is 124 cm³/mol. The number of carbonyl (C=O) groups is 2. The lowest BCUT2D eigenvalue weighted by Crippen LogP contribution is -2.32. The molecule has 170 valence electrons. The minimum absolute atomic E-state index is 0.0846. The Morgan fingerprint density at radius 2 is 1.78 bits per heavy atom. The molecule has 1 unspecified atom stereocenters. The van der Waals surface area contributed by atoms with Gasteiger partial charge in [0.05, 0.1) is 24.8 Å². The number of nitrogens with zero attached hydrogens (tertiary/aromatic N) is 1. The Kier molecular flexibility index (Phi) is 7.04. The molecule has 0 spiro atoms. The van der Waals surface area contributed by atoms with E-state index in [0.29, 0.717) is 12.2 Å². The van der Waals surface area contributed by atoms with E-state index >= 15 is 0 Å². The molecule has 0 aromatic heterocycles. The highest BCUT2D eigenvalue weighted by Crippen LogP contribution is 2.40. The van der Waals surface area contributed by atoms with Gasteiger partial charge in [-0.05, 0) is 36.1 Å².